The number of carboxylic acid groups (broad SMARTS) is 1. The van der Waals surface area contributed by atoms with E-state index in [1.165, 1.54) is 6.92 Å². The van der Waals surface area contributed by atoms with Crippen LogP contribution in [0, 0.1) is 11.8 Å². The Morgan fingerprint density at radius 3 is 1.88 bits per heavy atom. The Bertz CT molecular complexity index is 495. The average molecular weight is 358 g/mol. The molecule has 3 amide bonds. The molecular formula is C16H30N4O5. The van der Waals surface area contributed by atoms with Gasteiger partial charge in [0.2, 0.25) is 17.7 Å². The summed E-state index contributed by atoms with van der Waals surface area (Å²) in [6.45, 7) is 8.24. The van der Waals surface area contributed by atoms with Crippen molar-refractivity contribution in [1.29, 1.82) is 0 Å². The number of aliphatic carboxylic acids is 1. The van der Waals surface area contributed by atoms with Crippen LogP contribution < -0.4 is 21.7 Å². The minimum absolute atomic E-state index is 0.211. The first-order valence-corrected chi connectivity index (χ1v) is 8.38. The molecule has 0 aromatic rings. The third kappa shape index (κ3) is 7.51. The van der Waals surface area contributed by atoms with E-state index in [9.17, 15) is 24.3 Å². The smallest absolute Gasteiger partial charge is 0.326 e. The second-order valence-electron chi connectivity index (χ2n) is 6.43. The number of nitrogens with one attached hydrogen (secondary N) is 3. The quantitative estimate of drug-likeness (QED) is 0.345. The molecule has 0 rings (SSSR count). The number of hydrogen-bond acceptors (Lipinski definition) is 5. The molecule has 9 heteroatoms. The van der Waals surface area contributed by atoms with E-state index in [-0.39, 0.29) is 18.4 Å². The standard InChI is InChI=1S/C16H30N4O5/c1-6-9(4)13(16(24)25)20-14(22)10(5)18-15(23)12(8(2)3)19-11(21)7-17/h8-10,12-13H,6-7,17H2,1-5H3,(H,18,23)(H,19,21)(H,20,22)(H,24,25). The lowest BCUT2D eigenvalue weighted by molar-refractivity contribution is -0.143. The molecule has 0 aliphatic carbocycles. The first kappa shape index (κ1) is 22.8. The first-order chi connectivity index (χ1) is 11.5. The van der Waals surface area contributed by atoms with Gasteiger partial charge in [0.15, 0.2) is 0 Å². The number of carbonyl (C=O) groups excluding carboxylic acids is 3. The van der Waals surface area contributed by atoms with Crippen molar-refractivity contribution in [3.05, 3.63) is 0 Å². The second-order valence-corrected chi connectivity index (χ2v) is 6.43. The molecule has 0 aliphatic heterocycles. The van der Waals surface area contributed by atoms with Gasteiger partial charge in [-0.1, -0.05) is 34.1 Å². The Labute approximate surface area is 148 Å². The number of carbonyl (C=O) groups is 4. The van der Waals surface area contributed by atoms with Crippen molar-refractivity contribution in [2.75, 3.05) is 6.54 Å². The van der Waals surface area contributed by atoms with Crippen molar-refractivity contribution in [3.63, 3.8) is 0 Å². The fourth-order valence-corrected chi connectivity index (χ4v) is 2.10. The average Bonchev–Trinajstić information content (AvgIpc) is 2.55. The van der Waals surface area contributed by atoms with Crippen molar-refractivity contribution < 1.29 is 24.3 Å². The molecule has 0 radical (unpaired) electrons. The molecule has 0 heterocycles. The van der Waals surface area contributed by atoms with Crippen LogP contribution in [0.15, 0.2) is 0 Å². The molecule has 0 saturated heterocycles. The van der Waals surface area contributed by atoms with Gasteiger partial charge >= 0.3 is 5.97 Å². The Morgan fingerprint density at radius 1 is 0.920 bits per heavy atom. The molecule has 4 atom stereocenters. The maximum atomic E-state index is 12.3. The summed E-state index contributed by atoms with van der Waals surface area (Å²) in [4.78, 5) is 47.2. The molecule has 0 saturated carbocycles. The van der Waals surface area contributed by atoms with E-state index in [1.54, 1.807) is 20.8 Å². The highest BCUT2D eigenvalue weighted by Gasteiger charge is 2.30. The van der Waals surface area contributed by atoms with Crippen molar-refractivity contribution in [2.24, 2.45) is 17.6 Å². The van der Waals surface area contributed by atoms with Gasteiger partial charge in [0.05, 0.1) is 6.54 Å². The zero-order valence-corrected chi connectivity index (χ0v) is 15.5. The summed E-state index contributed by atoms with van der Waals surface area (Å²) in [5.74, 6) is -3.21. The number of nitrogens with two attached hydrogens (primary N) is 1. The van der Waals surface area contributed by atoms with E-state index in [1.807, 2.05) is 6.92 Å². The Kier molecular flexibility index (Phi) is 9.73. The lowest BCUT2D eigenvalue weighted by Gasteiger charge is -2.25. The van der Waals surface area contributed by atoms with Gasteiger partial charge in [-0.25, -0.2) is 4.79 Å². The molecule has 4 unspecified atom stereocenters. The highest BCUT2D eigenvalue weighted by atomic mass is 16.4. The van der Waals surface area contributed by atoms with Crippen LogP contribution in [0.1, 0.15) is 41.0 Å². The van der Waals surface area contributed by atoms with Gasteiger partial charge in [0, 0.05) is 0 Å². The summed E-state index contributed by atoms with van der Waals surface area (Å²) in [6, 6.07) is -2.82. The molecule has 0 fully saturated rings. The minimum Gasteiger partial charge on any atom is -0.480 e. The zero-order valence-electron chi connectivity index (χ0n) is 15.5. The predicted molar refractivity (Wildman–Crippen MR) is 92.4 cm³/mol. The molecule has 9 nitrogen and oxygen atoms in total. The normalized spacial score (nSPS) is 15.6. The van der Waals surface area contributed by atoms with E-state index in [2.05, 4.69) is 16.0 Å². The molecule has 0 spiro atoms. The van der Waals surface area contributed by atoms with Gasteiger partial charge in [-0.3, -0.25) is 14.4 Å². The van der Waals surface area contributed by atoms with Crippen molar-refractivity contribution in [2.45, 2.75) is 59.2 Å². The Hall–Kier alpha value is -2.16. The van der Waals surface area contributed by atoms with E-state index in [4.69, 9.17) is 5.73 Å². The van der Waals surface area contributed by atoms with Crippen LogP contribution in [-0.2, 0) is 19.2 Å². The third-order valence-corrected chi connectivity index (χ3v) is 3.98. The molecule has 6 N–H and O–H groups in total. The summed E-state index contributed by atoms with van der Waals surface area (Å²) in [5.41, 5.74) is 5.23. The van der Waals surface area contributed by atoms with Crippen LogP contribution in [0.5, 0.6) is 0 Å². The molecule has 25 heavy (non-hydrogen) atoms. The van der Waals surface area contributed by atoms with E-state index < -0.39 is 41.8 Å². The minimum atomic E-state index is -1.13. The predicted octanol–water partition coefficient (Wildman–Crippen LogP) is -0.794. The van der Waals surface area contributed by atoms with E-state index in [0.717, 1.165) is 0 Å². The van der Waals surface area contributed by atoms with Crippen LogP contribution in [0.3, 0.4) is 0 Å². The van der Waals surface area contributed by atoms with Gasteiger partial charge in [-0.15, -0.1) is 0 Å². The number of hydrogen-bond donors (Lipinski definition) is 5. The van der Waals surface area contributed by atoms with Crippen molar-refractivity contribution in [1.82, 2.24) is 16.0 Å². The third-order valence-electron chi connectivity index (χ3n) is 3.98. The highest BCUT2D eigenvalue weighted by molar-refractivity contribution is 5.93. The van der Waals surface area contributed by atoms with Crippen LogP contribution in [0.4, 0.5) is 0 Å². The van der Waals surface area contributed by atoms with Crippen LogP contribution in [0.2, 0.25) is 0 Å². The van der Waals surface area contributed by atoms with E-state index >= 15 is 0 Å². The molecule has 144 valence electrons. The monoisotopic (exact) mass is 358 g/mol. The Balaban J connectivity index is 4.90. The number of rotatable bonds is 10. The maximum absolute atomic E-state index is 12.3. The van der Waals surface area contributed by atoms with E-state index in [0.29, 0.717) is 6.42 Å². The summed E-state index contributed by atoms with van der Waals surface area (Å²) in [6.07, 6.45) is 0.582. The van der Waals surface area contributed by atoms with Gasteiger partial charge in [-0.05, 0) is 18.8 Å². The van der Waals surface area contributed by atoms with Crippen molar-refractivity contribution >= 4 is 23.7 Å². The molecule has 0 bridgehead atoms. The van der Waals surface area contributed by atoms with Gasteiger partial charge in [0.1, 0.15) is 18.1 Å². The van der Waals surface area contributed by atoms with Crippen molar-refractivity contribution in [3.8, 4) is 0 Å². The summed E-state index contributed by atoms with van der Waals surface area (Å²) < 4.78 is 0. The van der Waals surface area contributed by atoms with Crippen LogP contribution in [-0.4, -0.2) is 53.5 Å². The SMILES string of the molecule is CCC(C)C(NC(=O)C(C)NC(=O)C(NC(=O)CN)C(C)C)C(=O)O. The van der Waals surface area contributed by atoms with Gasteiger partial charge in [-0.2, -0.15) is 0 Å². The summed E-state index contributed by atoms with van der Waals surface area (Å²) in [5, 5.41) is 16.6. The topological polar surface area (TPSA) is 151 Å². The zero-order chi connectivity index (χ0) is 19.7. The van der Waals surface area contributed by atoms with Crippen LogP contribution in [0.25, 0.3) is 0 Å². The largest absolute Gasteiger partial charge is 0.480 e. The maximum Gasteiger partial charge on any atom is 0.326 e. The first-order valence-electron chi connectivity index (χ1n) is 8.38. The lowest BCUT2D eigenvalue weighted by atomic mass is 9.99. The second kappa shape index (κ2) is 10.7. The van der Waals surface area contributed by atoms with Gasteiger partial charge in [0.25, 0.3) is 0 Å². The Morgan fingerprint density at radius 2 is 1.48 bits per heavy atom. The van der Waals surface area contributed by atoms with Crippen LogP contribution >= 0.6 is 0 Å². The fourth-order valence-electron chi connectivity index (χ4n) is 2.10. The fraction of sp³-hybridized carbons (Fsp3) is 0.750. The number of carboxylic acids is 1. The molecule has 0 aromatic carbocycles. The lowest BCUT2D eigenvalue weighted by Crippen LogP contribution is -2.57. The molecule has 0 aliphatic rings. The molecular weight excluding hydrogens is 328 g/mol. The highest BCUT2D eigenvalue weighted by Crippen LogP contribution is 2.08. The summed E-state index contributed by atoms with van der Waals surface area (Å²) in [7, 11) is 0. The summed E-state index contributed by atoms with van der Waals surface area (Å²) >= 11 is 0. The van der Waals surface area contributed by atoms with Gasteiger partial charge < -0.3 is 26.8 Å². The number of amides is 3. The molecule has 0 aromatic heterocycles.